The van der Waals surface area contributed by atoms with Crippen molar-refractivity contribution < 1.29 is 24.0 Å². The lowest BCUT2D eigenvalue weighted by molar-refractivity contribution is -0.136. The minimum absolute atomic E-state index is 0.0565. The van der Waals surface area contributed by atoms with Crippen molar-refractivity contribution in [1.82, 2.24) is 25.4 Å². The summed E-state index contributed by atoms with van der Waals surface area (Å²) in [6.45, 7) is 16.5. The SMILES string of the molecule is C[C@H]1CN(c2ccc3c(c2)C(=O)N(C2CCC(=O)NC2=O)C3=O)CCN1CC1CCN(c2ccc(C(=O)NC3C(C)(C)CC3(C)C)cn2)CC1. The monoisotopic (exact) mass is 683 g/mol. The second-order valence-electron chi connectivity index (χ2n) is 16.4. The van der Waals surface area contributed by atoms with Gasteiger partial charge in [0.1, 0.15) is 11.9 Å². The Kier molecular flexibility index (Phi) is 8.73. The lowest BCUT2D eigenvalue weighted by atomic mass is 9.52. The molecule has 4 aliphatic heterocycles. The number of carbonyl (C=O) groups excluding carboxylic acids is 5. The van der Waals surface area contributed by atoms with Gasteiger partial charge >= 0.3 is 0 Å². The van der Waals surface area contributed by atoms with Crippen molar-refractivity contribution in [3.8, 4) is 0 Å². The molecule has 1 saturated carbocycles. The second kappa shape index (κ2) is 12.8. The zero-order valence-corrected chi connectivity index (χ0v) is 29.8. The summed E-state index contributed by atoms with van der Waals surface area (Å²) >= 11 is 0. The first-order valence-corrected chi connectivity index (χ1v) is 18.1. The molecule has 0 radical (unpaired) electrons. The molecule has 5 heterocycles. The Morgan fingerprint density at radius 2 is 1.62 bits per heavy atom. The van der Waals surface area contributed by atoms with E-state index in [-0.39, 0.29) is 41.5 Å². The van der Waals surface area contributed by atoms with Crippen LogP contribution < -0.4 is 20.4 Å². The number of rotatable bonds is 7. The average molecular weight is 684 g/mol. The molecule has 1 aliphatic carbocycles. The maximum atomic E-state index is 13.3. The normalized spacial score (nSPS) is 25.7. The third-order valence-corrected chi connectivity index (χ3v) is 11.7. The molecule has 12 heteroatoms. The minimum Gasteiger partial charge on any atom is -0.369 e. The summed E-state index contributed by atoms with van der Waals surface area (Å²) in [5.74, 6) is -0.504. The van der Waals surface area contributed by atoms with Crippen LogP contribution in [0.25, 0.3) is 0 Å². The van der Waals surface area contributed by atoms with Crippen LogP contribution in [0.15, 0.2) is 36.5 Å². The standard InChI is InChI=1S/C38H49N7O5/c1-23-20-44(26-7-8-27-28(18-26)35(50)45(34(27)49)29-9-11-31(46)40-33(29)48)17-16-43(23)21-24-12-14-42(15-13-24)30-10-6-25(19-39-30)32(47)41-36-37(2,3)22-38(36,4)5/h6-8,10,18-19,23-24,29,36H,9,11-17,20-22H2,1-5H3,(H,41,47)(H,40,46,48)/t23-,29?/m0/s1. The van der Waals surface area contributed by atoms with Crippen molar-refractivity contribution in [3.05, 3.63) is 53.2 Å². The summed E-state index contributed by atoms with van der Waals surface area (Å²) in [5, 5.41) is 5.50. The van der Waals surface area contributed by atoms with Crippen molar-refractivity contribution in [1.29, 1.82) is 0 Å². The molecule has 0 bridgehead atoms. The molecule has 1 unspecified atom stereocenters. The zero-order valence-electron chi connectivity index (χ0n) is 29.8. The lowest BCUT2D eigenvalue weighted by Crippen LogP contribution is -2.63. The van der Waals surface area contributed by atoms with Crippen LogP contribution in [0, 0.1) is 16.7 Å². The number of anilines is 2. The van der Waals surface area contributed by atoms with Gasteiger partial charge in [-0.25, -0.2) is 4.98 Å². The number of aromatic nitrogens is 1. The molecule has 12 nitrogen and oxygen atoms in total. The molecule has 5 amide bonds. The van der Waals surface area contributed by atoms with E-state index in [9.17, 15) is 24.0 Å². The third kappa shape index (κ3) is 6.27. The first-order chi connectivity index (χ1) is 23.7. The minimum atomic E-state index is -0.966. The van der Waals surface area contributed by atoms with Crippen molar-refractivity contribution in [3.63, 3.8) is 0 Å². The molecule has 4 fully saturated rings. The fraction of sp³-hybridized carbons (Fsp3) is 0.579. The van der Waals surface area contributed by atoms with Crippen LogP contribution in [0.5, 0.6) is 0 Å². The van der Waals surface area contributed by atoms with E-state index < -0.39 is 23.8 Å². The fourth-order valence-electron chi connectivity index (χ4n) is 9.45. The molecule has 5 aliphatic rings. The van der Waals surface area contributed by atoms with Gasteiger partial charge < -0.3 is 15.1 Å². The van der Waals surface area contributed by atoms with E-state index in [4.69, 9.17) is 0 Å². The number of benzene rings is 1. The van der Waals surface area contributed by atoms with E-state index in [1.165, 1.54) is 0 Å². The number of hydrogen-bond donors (Lipinski definition) is 2. The molecule has 1 aromatic carbocycles. The number of amides is 5. The average Bonchev–Trinajstić information content (AvgIpc) is 3.32. The number of piperazine rings is 1. The first-order valence-electron chi connectivity index (χ1n) is 18.1. The van der Waals surface area contributed by atoms with Gasteiger partial charge in [0.15, 0.2) is 0 Å². The summed E-state index contributed by atoms with van der Waals surface area (Å²) in [4.78, 5) is 76.3. The highest BCUT2D eigenvalue weighted by Gasteiger charge is 2.53. The topological polar surface area (TPSA) is 135 Å². The number of imide groups is 2. The Morgan fingerprint density at radius 3 is 2.26 bits per heavy atom. The van der Waals surface area contributed by atoms with Crippen LogP contribution in [0.2, 0.25) is 0 Å². The second-order valence-corrected chi connectivity index (χ2v) is 16.4. The Morgan fingerprint density at radius 1 is 0.900 bits per heavy atom. The highest BCUT2D eigenvalue weighted by molar-refractivity contribution is 6.23. The van der Waals surface area contributed by atoms with Crippen LogP contribution in [0.3, 0.4) is 0 Å². The van der Waals surface area contributed by atoms with Gasteiger partial charge in [-0.1, -0.05) is 27.7 Å². The molecule has 50 heavy (non-hydrogen) atoms. The summed E-state index contributed by atoms with van der Waals surface area (Å²) in [5.41, 5.74) is 2.30. The van der Waals surface area contributed by atoms with E-state index in [1.54, 1.807) is 18.3 Å². The van der Waals surface area contributed by atoms with Gasteiger partial charge in [0.05, 0.1) is 16.7 Å². The number of piperidine rings is 2. The zero-order chi connectivity index (χ0) is 35.5. The van der Waals surface area contributed by atoms with Gasteiger partial charge in [-0.05, 0) is 79.7 Å². The molecule has 266 valence electrons. The van der Waals surface area contributed by atoms with Gasteiger partial charge in [0.25, 0.3) is 17.7 Å². The van der Waals surface area contributed by atoms with E-state index in [1.807, 2.05) is 18.2 Å². The van der Waals surface area contributed by atoms with Gasteiger partial charge in [-0.3, -0.25) is 39.1 Å². The quantitative estimate of drug-likeness (QED) is 0.421. The van der Waals surface area contributed by atoms with Crippen LogP contribution >= 0.6 is 0 Å². The Labute approximate surface area is 293 Å². The van der Waals surface area contributed by atoms with Crippen LogP contribution in [-0.2, 0) is 9.59 Å². The number of nitrogens with zero attached hydrogens (tertiary/aromatic N) is 5. The molecular weight excluding hydrogens is 634 g/mol. The van der Waals surface area contributed by atoms with Crippen LogP contribution in [0.4, 0.5) is 11.5 Å². The smallest absolute Gasteiger partial charge is 0.262 e. The largest absolute Gasteiger partial charge is 0.369 e. The molecule has 7 rings (SSSR count). The van der Waals surface area contributed by atoms with Gasteiger partial charge in [-0.2, -0.15) is 0 Å². The summed E-state index contributed by atoms with van der Waals surface area (Å²) < 4.78 is 0. The van der Waals surface area contributed by atoms with Crippen LogP contribution in [0.1, 0.15) is 97.8 Å². The maximum absolute atomic E-state index is 13.3. The van der Waals surface area contributed by atoms with Crippen molar-refractivity contribution in [2.24, 2.45) is 16.7 Å². The number of fused-ring (bicyclic) bond motifs is 1. The highest BCUT2D eigenvalue weighted by Crippen LogP contribution is 2.53. The van der Waals surface area contributed by atoms with Crippen molar-refractivity contribution >= 4 is 41.0 Å². The summed E-state index contributed by atoms with van der Waals surface area (Å²) in [7, 11) is 0. The van der Waals surface area contributed by atoms with E-state index in [0.717, 1.165) is 74.9 Å². The Hall–Kier alpha value is -4.32. The van der Waals surface area contributed by atoms with Crippen LogP contribution in [-0.4, -0.2) is 102 Å². The van der Waals surface area contributed by atoms with E-state index in [0.29, 0.717) is 28.7 Å². The van der Waals surface area contributed by atoms with Gasteiger partial charge in [-0.15, -0.1) is 0 Å². The molecule has 2 N–H and O–H groups in total. The number of nitrogens with one attached hydrogen (secondary N) is 2. The molecule has 2 atom stereocenters. The first kappa shape index (κ1) is 34.1. The Bertz CT molecular complexity index is 1700. The highest BCUT2D eigenvalue weighted by atomic mass is 16.2. The lowest BCUT2D eigenvalue weighted by Gasteiger charge is -2.57. The van der Waals surface area contributed by atoms with E-state index >= 15 is 0 Å². The molecule has 0 spiro atoms. The third-order valence-electron chi connectivity index (χ3n) is 11.7. The number of hydrogen-bond acceptors (Lipinski definition) is 9. The molecule has 1 aromatic heterocycles. The van der Waals surface area contributed by atoms with Crippen molar-refractivity contribution in [2.45, 2.75) is 84.8 Å². The number of pyridine rings is 1. The number of carbonyl (C=O) groups is 5. The molecule has 2 aromatic rings. The maximum Gasteiger partial charge on any atom is 0.262 e. The van der Waals surface area contributed by atoms with Gasteiger partial charge in [0.2, 0.25) is 11.8 Å². The predicted octanol–water partition coefficient (Wildman–Crippen LogP) is 3.46. The molecular formula is C38H49N7O5. The fourth-order valence-corrected chi connectivity index (χ4v) is 9.45. The molecule has 3 saturated heterocycles. The van der Waals surface area contributed by atoms with Gasteiger partial charge in [0, 0.05) is 69.7 Å². The summed E-state index contributed by atoms with van der Waals surface area (Å²) in [6.07, 6.45) is 5.19. The predicted molar refractivity (Wildman–Crippen MR) is 189 cm³/mol. The Balaban J connectivity index is 0.894. The van der Waals surface area contributed by atoms with E-state index in [2.05, 4.69) is 64.9 Å². The summed E-state index contributed by atoms with van der Waals surface area (Å²) in [6, 6.07) is 8.71. The van der Waals surface area contributed by atoms with Crippen molar-refractivity contribution in [2.75, 3.05) is 49.1 Å².